The molecule has 0 radical (unpaired) electrons. The van der Waals surface area contributed by atoms with Crippen molar-refractivity contribution in [1.82, 2.24) is 0 Å². The Balaban J connectivity index is 2.06. The average Bonchev–Trinajstić information content (AvgIpc) is 2.49. The summed E-state index contributed by atoms with van der Waals surface area (Å²) in [4.78, 5) is 10.8. The Morgan fingerprint density at radius 3 is 2.83 bits per heavy atom. The fraction of sp³-hybridized carbons (Fsp3) is 0.500. The first-order valence-corrected chi connectivity index (χ1v) is 4.32. The van der Waals surface area contributed by atoms with Gasteiger partial charge in [0.1, 0.15) is 6.29 Å². The minimum Gasteiger partial charge on any atom is -0.472 e. The van der Waals surface area contributed by atoms with Crippen molar-refractivity contribution >= 4 is 6.29 Å². The van der Waals surface area contributed by atoms with Crippen molar-refractivity contribution in [3.63, 3.8) is 0 Å². The Hall–Kier alpha value is -1.05. The van der Waals surface area contributed by atoms with Crippen LogP contribution < -0.4 is 0 Å². The molecule has 1 fully saturated rings. The van der Waals surface area contributed by atoms with Crippen LogP contribution in [0.4, 0.5) is 0 Å². The number of furan rings is 1. The summed E-state index contributed by atoms with van der Waals surface area (Å²) in [7, 11) is 0. The molecule has 2 rings (SSSR count). The van der Waals surface area contributed by atoms with Crippen molar-refractivity contribution in [2.24, 2.45) is 5.41 Å². The molecular formula is C10H12O2. The predicted molar refractivity (Wildman–Crippen MR) is 44.8 cm³/mol. The van der Waals surface area contributed by atoms with Gasteiger partial charge in [0.15, 0.2) is 0 Å². The number of hydrogen-bond donors (Lipinski definition) is 0. The molecule has 64 valence electrons. The quantitative estimate of drug-likeness (QED) is 0.641. The van der Waals surface area contributed by atoms with Crippen molar-refractivity contribution in [3.8, 4) is 0 Å². The van der Waals surface area contributed by atoms with Gasteiger partial charge in [-0.05, 0) is 30.9 Å². The van der Waals surface area contributed by atoms with Crippen LogP contribution >= 0.6 is 0 Å². The van der Waals surface area contributed by atoms with Crippen LogP contribution in [0, 0.1) is 5.41 Å². The summed E-state index contributed by atoms with van der Waals surface area (Å²) < 4.78 is 4.96. The average molecular weight is 164 g/mol. The molecule has 0 unspecified atom stereocenters. The second-order valence-electron chi connectivity index (χ2n) is 3.64. The molecular weight excluding hydrogens is 152 g/mol. The van der Waals surface area contributed by atoms with E-state index in [1.165, 1.54) is 6.42 Å². The predicted octanol–water partition coefficient (Wildman–Crippen LogP) is 2.19. The van der Waals surface area contributed by atoms with E-state index in [1.54, 1.807) is 12.5 Å². The fourth-order valence-corrected chi connectivity index (χ4v) is 1.77. The molecule has 0 bridgehead atoms. The number of carbonyl (C=O) groups is 1. The van der Waals surface area contributed by atoms with Gasteiger partial charge in [-0.2, -0.15) is 0 Å². The normalized spacial score (nSPS) is 20.0. The molecule has 1 aromatic rings. The second kappa shape index (κ2) is 2.77. The molecule has 1 aliphatic rings. The molecule has 2 nitrogen and oxygen atoms in total. The summed E-state index contributed by atoms with van der Waals surface area (Å²) in [5.41, 5.74) is 1.09. The largest absolute Gasteiger partial charge is 0.472 e. The van der Waals surface area contributed by atoms with E-state index in [0.717, 1.165) is 31.1 Å². The standard InChI is InChI=1S/C10H12O2/c11-8-10(3-1-4-10)6-9-2-5-12-7-9/h2,5,7-8H,1,3-4,6H2. The monoisotopic (exact) mass is 164 g/mol. The highest BCUT2D eigenvalue weighted by atomic mass is 16.3. The van der Waals surface area contributed by atoms with Gasteiger partial charge in [0, 0.05) is 5.41 Å². The van der Waals surface area contributed by atoms with Gasteiger partial charge in [-0.15, -0.1) is 0 Å². The lowest BCUT2D eigenvalue weighted by Crippen LogP contribution is -2.33. The van der Waals surface area contributed by atoms with Crippen LogP contribution in [0.5, 0.6) is 0 Å². The van der Waals surface area contributed by atoms with Crippen LogP contribution in [0.3, 0.4) is 0 Å². The molecule has 0 spiro atoms. The SMILES string of the molecule is O=CC1(Cc2ccoc2)CCC1. The number of aldehydes is 1. The van der Waals surface area contributed by atoms with E-state index in [1.807, 2.05) is 6.07 Å². The molecule has 1 aliphatic carbocycles. The van der Waals surface area contributed by atoms with Crippen LogP contribution in [0.2, 0.25) is 0 Å². The summed E-state index contributed by atoms with van der Waals surface area (Å²) in [5.74, 6) is 0. The molecule has 2 heteroatoms. The molecule has 0 aliphatic heterocycles. The maximum Gasteiger partial charge on any atom is 0.126 e. The van der Waals surface area contributed by atoms with Crippen LogP contribution in [-0.4, -0.2) is 6.29 Å². The van der Waals surface area contributed by atoms with Crippen LogP contribution in [0.25, 0.3) is 0 Å². The van der Waals surface area contributed by atoms with E-state index < -0.39 is 0 Å². The number of hydrogen-bond acceptors (Lipinski definition) is 2. The summed E-state index contributed by atoms with van der Waals surface area (Å²) in [6.07, 6.45) is 8.63. The van der Waals surface area contributed by atoms with E-state index >= 15 is 0 Å². The van der Waals surface area contributed by atoms with Crippen LogP contribution in [0.1, 0.15) is 24.8 Å². The topological polar surface area (TPSA) is 30.2 Å². The van der Waals surface area contributed by atoms with Gasteiger partial charge >= 0.3 is 0 Å². The van der Waals surface area contributed by atoms with Crippen molar-refractivity contribution < 1.29 is 9.21 Å². The molecule has 0 saturated heterocycles. The highest BCUT2D eigenvalue weighted by molar-refractivity contribution is 5.61. The molecule has 0 aromatic carbocycles. The Kier molecular flexibility index (Phi) is 1.75. The zero-order valence-electron chi connectivity index (χ0n) is 6.95. The van der Waals surface area contributed by atoms with Gasteiger partial charge in [0.25, 0.3) is 0 Å². The van der Waals surface area contributed by atoms with Gasteiger partial charge < -0.3 is 9.21 Å². The first-order chi connectivity index (χ1) is 5.85. The van der Waals surface area contributed by atoms with E-state index in [0.29, 0.717) is 0 Å². The Bertz CT molecular complexity index is 257. The molecule has 1 saturated carbocycles. The van der Waals surface area contributed by atoms with E-state index in [4.69, 9.17) is 4.42 Å². The summed E-state index contributed by atoms with van der Waals surface area (Å²) >= 11 is 0. The summed E-state index contributed by atoms with van der Waals surface area (Å²) in [6, 6.07) is 1.93. The highest BCUT2D eigenvalue weighted by Crippen LogP contribution is 2.41. The fourth-order valence-electron chi connectivity index (χ4n) is 1.77. The molecule has 1 heterocycles. The molecule has 0 N–H and O–H groups in total. The third kappa shape index (κ3) is 1.17. The zero-order chi connectivity index (χ0) is 8.44. The lowest BCUT2D eigenvalue weighted by Gasteiger charge is -2.36. The minimum atomic E-state index is -0.0517. The van der Waals surface area contributed by atoms with Gasteiger partial charge in [0.05, 0.1) is 12.5 Å². The number of carbonyl (C=O) groups excluding carboxylic acids is 1. The Morgan fingerprint density at radius 1 is 1.58 bits per heavy atom. The summed E-state index contributed by atoms with van der Waals surface area (Å²) in [6.45, 7) is 0. The van der Waals surface area contributed by atoms with E-state index in [-0.39, 0.29) is 5.41 Å². The molecule has 0 amide bonds. The van der Waals surface area contributed by atoms with Crippen molar-refractivity contribution in [2.75, 3.05) is 0 Å². The van der Waals surface area contributed by atoms with Crippen molar-refractivity contribution in [3.05, 3.63) is 24.2 Å². The molecule has 12 heavy (non-hydrogen) atoms. The molecule has 0 atom stereocenters. The summed E-state index contributed by atoms with van der Waals surface area (Å²) in [5, 5.41) is 0. The lowest BCUT2D eigenvalue weighted by atomic mass is 9.67. The maximum atomic E-state index is 10.8. The lowest BCUT2D eigenvalue weighted by molar-refractivity contribution is -0.120. The second-order valence-corrected chi connectivity index (χ2v) is 3.64. The van der Waals surface area contributed by atoms with E-state index in [9.17, 15) is 4.79 Å². The van der Waals surface area contributed by atoms with E-state index in [2.05, 4.69) is 0 Å². The van der Waals surface area contributed by atoms with Gasteiger partial charge in [-0.3, -0.25) is 0 Å². The van der Waals surface area contributed by atoms with Gasteiger partial charge in [0.2, 0.25) is 0 Å². The van der Waals surface area contributed by atoms with Crippen LogP contribution in [0.15, 0.2) is 23.0 Å². The zero-order valence-corrected chi connectivity index (χ0v) is 6.95. The minimum absolute atomic E-state index is 0.0517. The maximum absolute atomic E-state index is 10.8. The highest BCUT2D eigenvalue weighted by Gasteiger charge is 2.36. The van der Waals surface area contributed by atoms with Gasteiger partial charge in [-0.1, -0.05) is 6.42 Å². The van der Waals surface area contributed by atoms with Crippen molar-refractivity contribution in [2.45, 2.75) is 25.7 Å². The van der Waals surface area contributed by atoms with Gasteiger partial charge in [-0.25, -0.2) is 0 Å². The smallest absolute Gasteiger partial charge is 0.126 e. The Labute approximate surface area is 71.6 Å². The van der Waals surface area contributed by atoms with Crippen LogP contribution in [-0.2, 0) is 11.2 Å². The number of rotatable bonds is 3. The first-order valence-electron chi connectivity index (χ1n) is 4.32. The third-order valence-corrected chi connectivity index (χ3v) is 2.74. The van der Waals surface area contributed by atoms with Crippen molar-refractivity contribution in [1.29, 1.82) is 0 Å². The molecule has 1 aromatic heterocycles. The Morgan fingerprint density at radius 2 is 2.42 bits per heavy atom. The first kappa shape index (κ1) is 7.59. The third-order valence-electron chi connectivity index (χ3n) is 2.74.